The lowest BCUT2D eigenvalue weighted by molar-refractivity contribution is 0.00382. The van der Waals surface area contributed by atoms with E-state index in [1.54, 1.807) is 17.5 Å². The lowest BCUT2D eigenvalue weighted by Gasteiger charge is -2.11. The van der Waals surface area contributed by atoms with Gasteiger partial charge < -0.3 is 10.4 Å². The molecule has 0 aliphatic rings. The smallest absolute Gasteiger partial charge is 0.265 e. The van der Waals surface area contributed by atoms with Gasteiger partial charge in [-0.3, -0.25) is 0 Å². The quantitative estimate of drug-likeness (QED) is 0.867. The van der Waals surface area contributed by atoms with Crippen LogP contribution in [0.2, 0.25) is 0 Å². The fourth-order valence-electron chi connectivity index (χ4n) is 1.33. The van der Waals surface area contributed by atoms with Crippen molar-refractivity contribution >= 4 is 27.2 Å². The maximum Gasteiger partial charge on any atom is 0.265 e. The van der Waals surface area contributed by atoms with E-state index in [0.717, 1.165) is 10.1 Å². The fourth-order valence-corrected chi connectivity index (χ4v) is 2.11. The van der Waals surface area contributed by atoms with Gasteiger partial charge in [0.2, 0.25) is 0 Å². The Balaban J connectivity index is 2.12. The van der Waals surface area contributed by atoms with E-state index in [9.17, 15) is 8.78 Å². The molecule has 2 rings (SSSR count). The summed E-state index contributed by atoms with van der Waals surface area (Å²) in [6.45, 7) is -0.209. The average Bonchev–Trinajstić information content (AvgIpc) is 2.73. The molecule has 3 nitrogen and oxygen atoms in total. The van der Waals surface area contributed by atoms with Crippen molar-refractivity contribution in [2.75, 3.05) is 11.9 Å². The van der Waals surface area contributed by atoms with Crippen molar-refractivity contribution in [3.63, 3.8) is 0 Å². The molecule has 86 valence electrons. The van der Waals surface area contributed by atoms with Gasteiger partial charge in [0.05, 0.1) is 0 Å². The topological polar surface area (TPSA) is 45.1 Å². The Kier molecular flexibility index (Phi) is 3.31. The monoisotopic (exact) mass is 244 g/mol. The number of nitrogens with zero attached hydrogens (tertiary/aromatic N) is 1. The standard InChI is InChI=1S/C10H10F2N2OS/c11-9(12)7(15)5-14-10-6-2-4-16-8(6)1-3-13-10/h1-4,7,9,15H,5H2,(H,13,14). The first-order chi connectivity index (χ1) is 7.68. The third-order valence-electron chi connectivity index (χ3n) is 2.15. The molecule has 1 unspecified atom stereocenters. The molecule has 0 saturated carbocycles. The van der Waals surface area contributed by atoms with E-state index in [1.165, 1.54) is 0 Å². The number of thiophene rings is 1. The van der Waals surface area contributed by atoms with Gasteiger partial charge in [0.25, 0.3) is 6.43 Å². The van der Waals surface area contributed by atoms with Crippen LogP contribution < -0.4 is 5.32 Å². The molecule has 0 aliphatic carbocycles. The SMILES string of the molecule is OC(CNc1nccc2sccc12)C(F)F. The molecule has 2 aromatic rings. The van der Waals surface area contributed by atoms with Crippen LogP contribution in [0.4, 0.5) is 14.6 Å². The Morgan fingerprint density at radius 2 is 2.25 bits per heavy atom. The number of halogens is 2. The van der Waals surface area contributed by atoms with E-state index in [4.69, 9.17) is 5.11 Å². The molecule has 0 spiro atoms. The molecule has 2 N–H and O–H groups in total. The van der Waals surface area contributed by atoms with Gasteiger partial charge in [0.1, 0.15) is 11.9 Å². The van der Waals surface area contributed by atoms with Gasteiger partial charge in [-0.2, -0.15) is 0 Å². The minimum Gasteiger partial charge on any atom is -0.385 e. The van der Waals surface area contributed by atoms with Crippen molar-refractivity contribution in [2.45, 2.75) is 12.5 Å². The second-order valence-electron chi connectivity index (χ2n) is 3.27. The summed E-state index contributed by atoms with van der Waals surface area (Å²) in [5, 5.41) is 14.5. The summed E-state index contributed by atoms with van der Waals surface area (Å²) in [5.74, 6) is 0.526. The van der Waals surface area contributed by atoms with Crippen LogP contribution in [-0.2, 0) is 0 Å². The van der Waals surface area contributed by atoms with E-state index in [1.807, 2.05) is 17.5 Å². The summed E-state index contributed by atoms with van der Waals surface area (Å²) in [6.07, 6.45) is -2.81. The van der Waals surface area contributed by atoms with Gasteiger partial charge in [-0.05, 0) is 17.5 Å². The predicted octanol–water partition coefficient (Wildman–Crippen LogP) is 2.33. The molecule has 2 aromatic heterocycles. The highest BCUT2D eigenvalue weighted by Gasteiger charge is 2.16. The number of rotatable bonds is 4. The summed E-state index contributed by atoms with van der Waals surface area (Å²) >= 11 is 1.55. The average molecular weight is 244 g/mol. The Morgan fingerprint density at radius 3 is 3.00 bits per heavy atom. The first-order valence-electron chi connectivity index (χ1n) is 4.71. The number of aromatic nitrogens is 1. The van der Waals surface area contributed by atoms with Gasteiger partial charge in [-0.15, -0.1) is 11.3 Å². The van der Waals surface area contributed by atoms with E-state index >= 15 is 0 Å². The largest absolute Gasteiger partial charge is 0.385 e. The van der Waals surface area contributed by atoms with Crippen LogP contribution in [0.3, 0.4) is 0 Å². The van der Waals surface area contributed by atoms with Crippen molar-refractivity contribution in [1.29, 1.82) is 0 Å². The molecule has 0 bridgehead atoms. The molecule has 0 fully saturated rings. The summed E-state index contributed by atoms with van der Waals surface area (Å²) in [5.41, 5.74) is 0. The van der Waals surface area contributed by atoms with Crippen molar-refractivity contribution in [3.8, 4) is 0 Å². The Morgan fingerprint density at radius 1 is 1.44 bits per heavy atom. The number of fused-ring (bicyclic) bond motifs is 1. The second-order valence-corrected chi connectivity index (χ2v) is 4.22. The van der Waals surface area contributed by atoms with E-state index in [2.05, 4.69) is 10.3 Å². The molecular weight excluding hydrogens is 234 g/mol. The first kappa shape index (κ1) is 11.2. The molecular formula is C10H10F2N2OS. The number of aliphatic hydroxyl groups is 1. The zero-order chi connectivity index (χ0) is 11.5. The molecule has 0 saturated heterocycles. The van der Waals surface area contributed by atoms with Crippen LogP contribution in [0, 0.1) is 0 Å². The maximum absolute atomic E-state index is 12.1. The fraction of sp³-hybridized carbons (Fsp3) is 0.300. The molecule has 0 aliphatic heterocycles. The van der Waals surface area contributed by atoms with Crippen LogP contribution in [0.25, 0.3) is 10.1 Å². The van der Waals surface area contributed by atoms with E-state index in [0.29, 0.717) is 5.82 Å². The van der Waals surface area contributed by atoms with Gasteiger partial charge in [0.15, 0.2) is 0 Å². The summed E-state index contributed by atoms with van der Waals surface area (Å²) in [7, 11) is 0. The Hall–Kier alpha value is -1.27. The van der Waals surface area contributed by atoms with Crippen molar-refractivity contribution in [3.05, 3.63) is 23.7 Å². The number of anilines is 1. The normalized spacial score (nSPS) is 13.2. The molecule has 0 aromatic carbocycles. The van der Waals surface area contributed by atoms with Gasteiger partial charge in [-0.1, -0.05) is 0 Å². The summed E-state index contributed by atoms with van der Waals surface area (Å²) < 4.78 is 25.2. The lowest BCUT2D eigenvalue weighted by atomic mass is 10.3. The number of hydrogen-bond acceptors (Lipinski definition) is 4. The predicted molar refractivity (Wildman–Crippen MR) is 60.1 cm³/mol. The number of aliphatic hydroxyl groups excluding tert-OH is 1. The number of alkyl halides is 2. The van der Waals surface area contributed by atoms with Crippen LogP contribution in [-0.4, -0.2) is 29.2 Å². The first-order valence-corrected chi connectivity index (χ1v) is 5.59. The van der Waals surface area contributed by atoms with Crippen LogP contribution in [0.1, 0.15) is 0 Å². The van der Waals surface area contributed by atoms with Crippen LogP contribution in [0.5, 0.6) is 0 Å². The highest BCUT2D eigenvalue weighted by Crippen LogP contribution is 2.25. The molecule has 0 radical (unpaired) electrons. The maximum atomic E-state index is 12.1. The molecule has 16 heavy (non-hydrogen) atoms. The summed E-state index contributed by atoms with van der Waals surface area (Å²) in [6, 6.07) is 3.72. The second kappa shape index (κ2) is 4.71. The third-order valence-corrected chi connectivity index (χ3v) is 3.03. The molecule has 0 amide bonds. The molecule has 2 heterocycles. The van der Waals surface area contributed by atoms with Gasteiger partial charge in [0, 0.05) is 22.8 Å². The minimum atomic E-state index is -2.74. The van der Waals surface area contributed by atoms with Crippen LogP contribution >= 0.6 is 11.3 Å². The molecule has 1 atom stereocenters. The minimum absolute atomic E-state index is 0.209. The van der Waals surface area contributed by atoms with Crippen molar-refractivity contribution in [1.82, 2.24) is 4.98 Å². The summed E-state index contributed by atoms with van der Waals surface area (Å²) in [4.78, 5) is 4.05. The zero-order valence-electron chi connectivity index (χ0n) is 8.23. The van der Waals surface area contributed by atoms with Gasteiger partial charge >= 0.3 is 0 Å². The van der Waals surface area contributed by atoms with Gasteiger partial charge in [-0.25, -0.2) is 13.8 Å². The highest BCUT2D eigenvalue weighted by atomic mass is 32.1. The Bertz CT molecular complexity index is 475. The third kappa shape index (κ3) is 2.28. The zero-order valence-corrected chi connectivity index (χ0v) is 9.05. The molecule has 6 heteroatoms. The number of pyridine rings is 1. The van der Waals surface area contributed by atoms with Crippen molar-refractivity contribution < 1.29 is 13.9 Å². The lowest BCUT2D eigenvalue weighted by Crippen LogP contribution is -2.27. The van der Waals surface area contributed by atoms with E-state index < -0.39 is 12.5 Å². The number of hydrogen-bond donors (Lipinski definition) is 2. The highest BCUT2D eigenvalue weighted by molar-refractivity contribution is 7.17. The van der Waals surface area contributed by atoms with E-state index in [-0.39, 0.29) is 6.54 Å². The number of nitrogens with one attached hydrogen (secondary N) is 1. The van der Waals surface area contributed by atoms with Crippen LogP contribution in [0.15, 0.2) is 23.7 Å². The van der Waals surface area contributed by atoms with Crippen molar-refractivity contribution in [2.24, 2.45) is 0 Å². The Labute approximate surface area is 94.7 Å².